The zero-order chi connectivity index (χ0) is 12.3. The molecule has 0 saturated carbocycles. The Morgan fingerprint density at radius 2 is 2.31 bits per heavy atom. The van der Waals surface area contributed by atoms with Crippen molar-refractivity contribution in [1.82, 2.24) is 4.98 Å². The predicted molar refractivity (Wildman–Crippen MR) is 52.0 cm³/mol. The first kappa shape index (κ1) is 12.6. The number of aromatic nitrogens is 1. The van der Waals surface area contributed by atoms with Crippen molar-refractivity contribution in [3.8, 4) is 5.88 Å². The van der Waals surface area contributed by atoms with Crippen molar-refractivity contribution in [3.63, 3.8) is 0 Å². The van der Waals surface area contributed by atoms with Gasteiger partial charge in [0.25, 0.3) is 12.3 Å². The van der Waals surface area contributed by atoms with Gasteiger partial charge in [-0.25, -0.2) is 13.8 Å². The number of ether oxygens (including phenoxy) is 1. The molecule has 0 fully saturated rings. The van der Waals surface area contributed by atoms with Crippen molar-refractivity contribution in [2.24, 2.45) is 0 Å². The average molecular weight is 253 g/mol. The molecular weight excluding hydrogens is 246 g/mol. The summed E-state index contributed by atoms with van der Waals surface area (Å²) in [5.41, 5.74) is -1.16. The van der Waals surface area contributed by atoms with Crippen molar-refractivity contribution in [2.45, 2.75) is 12.3 Å². The molecule has 0 unspecified atom stereocenters. The summed E-state index contributed by atoms with van der Waals surface area (Å²) >= 11 is 5.41. The van der Waals surface area contributed by atoms with Crippen LogP contribution in [-0.2, 0) is 5.88 Å². The van der Waals surface area contributed by atoms with Crippen LogP contribution >= 0.6 is 11.6 Å². The highest BCUT2D eigenvalue weighted by atomic mass is 35.5. The molecule has 8 heteroatoms. The largest absolute Gasteiger partial charge is 0.476 e. The minimum Gasteiger partial charge on any atom is -0.476 e. The second-order valence-electron chi connectivity index (χ2n) is 2.75. The molecule has 0 aliphatic rings. The maximum absolute atomic E-state index is 12.5. The van der Waals surface area contributed by atoms with E-state index in [0.29, 0.717) is 0 Å². The molecule has 1 rings (SSSR count). The van der Waals surface area contributed by atoms with Gasteiger partial charge in [0, 0.05) is 17.5 Å². The molecule has 88 valence electrons. The number of hydrogen-bond donors (Lipinski definition) is 0. The molecule has 1 aromatic rings. The summed E-state index contributed by atoms with van der Waals surface area (Å²) in [5, 5.41) is 10.6. The van der Waals surface area contributed by atoms with Gasteiger partial charge in [0.2, 0.25) is 0 Å². The lowest BCUT2D eigenvalue weighted by molar-refractivity contribution is -0.386. The minimum absolute atomic E-state index is 0.0795. The number of nitro groups is 1. The normalized spacial score (nSPS) is 10.6. The molecular formula is C8H7ClF2N2O3. The van der Waals surface area contributed by atoms with Gasteiger partial charge in [-0.05, 0) is 0 Å². The van der Waals surface area contributed by atoms with E-state index < -0.39 is 28.6 Å². The highest BCUT2D eigenvalue weighted by Crippen LogP contribution is 2.32. The quantitative estimate of drug-likeness (QED) is 0.469. The Hall–Kier alpha value is -1.50. The van der Waals surface area contributed by atoms with E-state index >= 15 is 0 Å². The summed E-state index contributed by atoms with van der Waals surface area (Å²) in [6.45, 7) is 0. The fourth-order valence-corrected chi connectivity index (χ4v) is 1.33. The molecule has 5 nitrogen and oxygen atoms in total. The zero-order valence-electron chi connectivity index (χ0n) is 8.11. The van der Waals surface area contributed by atoms with Crippen molar-refractivity contribution in [2.75, 3.05) is 7.11 Å². The number of alkyl halides is 3. The van der Waals surface area contributed by atoms with Gasteiger partial charge in [-0.3, -0.25) is 10.1 Å². The average Bonchev–Trinajstić information content (AvgIpc) is 2.26. The first-order chi connectivity index (χ1) is 7.51. The summed E-state index contributed by atoms with van der Waals surface area (Å²) < 4.78 is 29.6. The number of hydrogen-bond acceptors (Lipinski definition) is 4. The third-order valence-electron chi connectivity index (χ3n) is 1.82. The molecule has 0 radical (unpaired) electrons. The van der Waals surface area contributed by atoms with Gasteiger partial charge in [-0.2, -0.15) is 0 Å². The molecule has 0 bridgehead atoms. The van der Waals surface area contributed by atoms with E-state index in [9.17, 15) is 18.9 Å². The van der Waals surface area contributed by atoms with Crippen molar-refractivity contribution in [1.29, 1.82) is 0 Å². The SMILES string of the molecule is COc1nc(C(F)F)c(CCl)cc1[N+](=O)[O-]. The van der Waals surface area contributed by atoms with Gasteiger partial charge < -0.3 is 4.74 Å². The Morgan fingerprint density at radius 1 is 1.69 bits per heavy atom. The van der Waals surface area contributed by atoms with Crippen LogP contribution in [0.4, 0.5) is 14.5 Å². The number of rotatable bonds is 4. The summed E-state index contributed by atoms with van der Waals surface area (Å²) in [4.78, 5) is 13.2. The van der Waals surface area contributed by atoms with Gasteiger partial charge in [0.05, 0.1) is 12.0 Å². The highest BCUT2D eigenvalue weighted by Gasteiger charge is 2.24. The number of methoxy groups -OCH3 is 1. The summed E-state index contributed by atoms with van der Waals surface area (Å²) in [7, 11) is 1.12. The maximum atomic E-state index is 12.5. The van der Waals surface area contributed by atoms with Crippen molar-refractivity contribution in [3.05, 3.63) is 27.4 Å². The number of nitrogens with zero attached hydrogens (tertiary/aromatic N) is 2. The second-order valence-corrected chi connectivity index (χ2v) is 3.02. The first-order valence-corrected chi connectivity index (χ1v) is 4.61. The maximum Gasteiger partial charge on any atom is 0.331 e. The second kappa shape index (κ2) is 5.02. The lowest BCUT2D eigenvalue weighted by Gasteiger charge is -2.07. The molecule has 0 saturated heterocycles. The third kappa shape index (κ3) is 2.35. The molecule has 0 N–H and O–H groups in total. The van der Waals surface area contributed by atoms with Crippen LogP contribution in [0, 0.1) is 10.1 Å². The van der Waals surface area contributed by atoms with E-state index in [4.69, 9.17) is 11.6 Å². The van der Waals surface area contributed by atoms with Crippen LogP contribution in [0.25, 0.3) is 0 Å². The Kier molecular flexibility index (Phi) is 3.94. The highest BCUT2D eigenvalue weighted by molar-refractivity contribution is 6.17. The Balaban J connectivity index is 3.40. The smallest absolute Gasteiger partial charge is 0.331 e. The molecule has 0 amide bonds. The van der Waals surface area contributed by atoms with Crippen molar-refractivity contribution < 1.29 is 18.4 Å². The fraction of sp³-hybridized carbons (Fsp3) is 0.375. The van der Waals surface area contributed by atoms with Gasteiger partial charge in [-0.1, -0.05) is 0 Å². The van der Waals surface area contributed by atoms with Gasteiger partial charge >= 0.3 is 5.69 Å². The summed E-state index contributed by atoms with van der Waals surface area (Å²) in [6.07, 6.45) is -2.86. The van der Waals surface area contributed by atoms with Crippen LogP contribution in [-0.4, -0.2) is 17.0 Å². The van der Waals surface area contributed by atoms with Crippen LogP contribution in [0.15, 0.2) is 6.07 Å². The Labute approximate surface area is 94.1 Å². The van der Waals surface area contributed by atoms with Crippen molar-refractivity contribution >= 4 is 17.3 Å². The van der Waals surface area contributed by atoms with E-state index in [1.165, 1.54) is 0 Å². The van der Waals surface area contributed by atoms with Gasteiger partial charge in [0.15, 0.2) is 0 Å². The van der Waals surface area contributed by atoms with Gasteiger partial charge in [-0.15, -0.1) is 11.6 Å². The van der Waals surface area contributed by atoms with E-state index in [-0.39, 0.29) is 11.4 Å². The Morgan fingerprint density at radius 3 is 2.69 bits per heavy atom. The van der Waals surface area contributed by atoms with E-state index in [1.807, 2.05) is 0 Å². The molecule has 0 aliphatic heterocycles. The molecule has 0 aliphatic carbocycles. The molecule has 16 heavy (non-hydrogen) atoms. The number of halogens is 3. The molecule has 0 spiro atoms. The molecule has 0 aromatic carbocycles. The summed E-state index contributed by atoms with van der Waals surface area (Å²) in [6, 6.07) is 0.945. The van der Waals surface area contributed by atoms with Crippen LogP contribution in [0.3, 0.4) is 0 Å². The summed E-state index contributed by atoms with van der Waals surface area (Å²) in [5.74, 6) is -0.730. The van der Waals surface area contributed by atoms with E-state index in [0.717, 1.165) is 13.2 Å². The van der Waals surface area contributed by atoms with Crippen LogP contribution in [0.5, 0.6) is 5.88 Å². The van der Waals surface area contributed by atoms with Crippen LogP contribution in [0.2, 0.25) is 0 Å². The molecule has 0 atom stereocenters. The number of pyridine rings is 1. The predicted octanol–water partition coefficient (Wildman–Crippen LogP) is 2.67. The lowest BCUT2D eigenvalue weighted by Crippen LogP contribution is -2.03. The lowest BCUT2D eigenvalue weighted by atomic mass is 10.2. The monoisotopic (exact) mass is 252 g/mol. The van der Waals surface area contributed by atoms with E-state index in [2.05, 4.69) is 9.72 Å². The molecule has 1 heterocycles. The first-order valence-electron chi connectivity index (χ1n) is 4.07. The molecule has 1 aromatic heterocycles. The third-order valence-corrected chi connectivity index (χ3v) is 2.11. The standard InChI is InChI=1S/C8H7ClF2N2O3/c1-16-8-5(13(14)15)2-4(3-9)6(12-8)7(10)11/h2,7H,3H2,1H3. The Bertz CT molecular complexity index is 415. The van der Waals surface area contributed by atoms with Gasteiger partial charge in [0.1, 0.15) is 5.69 Å². The van der Waals surface area contributed by atoms with E-state index in [1.54, 1.807) is 0 Å². The fourth-order valence-electron chi connectivity index (χ4n) is 1.12. The topological polar surface area (TPSA) is 65.3 Å². The van der Waals surface area contributed by atoms with Crippen LogP contribution in [0.1, 0.15) is 17.7 Å². The zero-order valence-corrected chi connectivity index (χ0v) is 8.87. The minimum atomic E-state index is -2.86. The van der Waals surface area contributed by atoms with Crippen LogP contribution < -0.4 is 4.74 Å².